The lowest BCUT2D eigenvalue weighted by atomic mass is 10.0. The topological polar surface area (TPSA) is 38.3 Å². The third-order valence-corrected chi connectivity index (χ3v) is 2.36. The monoisotopic (exact) mass is 213 g/mol. The largest absolute Gasteiger partial charge is 0.466 e. The van der Waals surface area contributed by atoms with Gasteiger partial charge in [0.25, 0.3) is 0 Å². The van der Waals surface area contributed by atoms with Crippen LogP contribution in [0.25, 0.3) is 0 Å². The van der Waals surface area contributed by atoms with Crippen molar-refractivity contribution in [2.75, 3.05) is 13.2 Å². The number of carbonyl (C=O) groups excluding carboxylic acids is 1. The number of esters is 1. The van der Waals surface area contributed by atoms with Crippen LogP contribution in [-0.4, -0.2) is 25.2 Å². The first-order valence-corrected chi connectivity index (χ1v) is 5.52. The van der Waals surface area contributed by atoms with E-state index in [1.807, 2.05) is 20.8 Å². The van der Waals surface area contributed by atoms with E-state index in [0.717, 1.165) is 6.54 Å². The van der Waals surface area contributed by atoms with Gasteiger partial charge in [0.05, 0.1) is 12.5 Å². The number of rotatable bonds is 6. The Bertz CT molecular complexity index is 220. The number of nitrogens with one attached hydrogen (secondary N) is 1. The van der Waals surface area contributed by atoms with Crippen molar-refractivity contribution in [3.8, 4) is 0 Å². The van der Waals surface area contributed by atoms with Crippen LogP contribution in [0, 0.1) is 5.92 Å². The van der Waals surface area contributed by atoms with Gasteiger partial charge >= 0.3 is 5.97 Å². The fraction of sp³-hybridized carbons (Fsp3) is 0.750. The molecule has 15 heavy (non-hydrogen) atoms. The first-order valence-electron chi connectivity index (χ1n) is 5.52. The zero-order chi connectivity index (χ0) is 11.8. The van der Waals surface area contributed by atoms with Crippen LogP contribution < -0.4 is 5.32 Å². The molecule has 0 aliphatic rings. The Morgan fingerprint density at radius 1 is 1.40 bits per heavy atom. The van der Waals surface area contributed by atoms with Crippen LogP contribution in [0.3, 0.4) is 0 Å². The molecule has 0 aromatic heterocycles. The molecule has 0 heterocycles. The van der Waals surface area contributed by atoms with E-state index in [9.17, 15) is 4.79 Å². The second-order valence-corrected chi connectivity index (χ2v) is 4.02. The Labute approximate surface area is 92.9 Å². The van der Waals surface area contributed by atoms with Crippen molar-refractivity contribution in [2.45, 2.75) is 40.7 Å². The molecule has 0 spiro atoms. The average molecular weight is 213 g/mol. The van der Waals surface area contributed by atoms with E-state index in [4.69, 9.17) is 4.74 Å². The molecule has 0 saturated heterocycles. The predicted molar refractivity (Wildman–Crippen MR) is 62.7 cm³/mol. The molecule has 0 rings (SSSR count). The summed E-state index contributed by atoms with van der Waals surface area (Å²) in [5.74, 6) is -0.231. The molecule has 2 atom stereocenters. The number of carbonyl (C=O) groups is 1. The van der Waals surface area contributed by atoms with Gasteiger partial charge in [0.1, 0.15) is 0 Å². The minimum Gasteiger partial charge on any atom is -0.466 e. The number of allylic oxidation sites excluding steroid dienone is 1. The summed E-state index contributed by atoms with van der Waals surface area (Å²) in [6.07, 6.45) is 2.11. The smallest absolute Gasteiger partial charge is 0.310 e. The summed E-state index contributed by atoms with van der Waals surface area (Å²) in [6, 6.07) is 0.139. The van der Waals surface area contributed by atoms with Gasteiger partial charge in [-0.25, -0.2) is 0 Å². The Kier molecular flexibility index (Phi) is 7.05. The van der Waals surface area contributed by atoms with Gasteiger partial charge in [0, 0.05) is 12.6 Å². The lowest BCUT2D eigenvalue weighted by molar-refractivity contribution is -0.148. The zero-order valence-electron chi connectivity index (χ0n) is 10.5. The van der Waals surface area contributed by atoms with E-state index in [-0.39, 0.29) is 17.9 Å². The number of ether oxygens (including phenoxy) is 1. The van der Waals surface area contributed by atoms with Crippen molar-refractivity contribution >= 4 is 5.97 Å². The van der Waals surface area contributed by atoms with Gasteiger partial charge in [-0.3, -0.25) is 4.79 Å². The SMILES string of the molecule is CCOC(=O)C(C)C(C)NCC=C(C)C. The molecule has 2 unspecified atom stereocenters. The fourth-order valence-corrected chi connectivity index (χ4v) is 1.10. The predicted octanol–water partition coefficient (Wildman–Crippen LogP) is 2.13. The molecule has 0 amide bonds. The van der Waals surface area contributed by atoms with Crippen LogP contribution in [0.15, 0.2) is 11.6 Å². The third kappa shape index (κ3) is 6.28. The van der Waals surface area contributed by atoms with E-state index < -0.39 is 0 Å². The summed E-state index contributed by atoms with van der Waals surface area (Å²) in [5, 5.41) is 3.28. The van der Waals surface area contributed by atoms with Crippen molar-refractivity contribution < 1.29 is 9.53 Å². The van der Waals surface area contributed by atoms with Crippen LogP contribution in [0.1, 0.15) is 34.6 Å². The maximum Gasteiger partial charge on any atom is 0.310 e. The van der Waals surface area contributed by atoms with Gasteiger partial charge in [-0.15, -0.1) is 0 Å². The van der Waals surface area contributed by atoms with Gasteiger partial charge in [-0.2, -0.15) is 0 Å². The van der Waals surface area contributed by atoms with Crippen molar-refractivity contribution in [2.24, 2.45) is 5.92 Å². The Morgan fingerprint density at radius 3 is 2.47 bits per heavy atom. The Balaban J connectivity index is 3.93. The second kappa shape index (κ2) is 7.46. The standard InChI is InChI=1S/C12H23NO2/c1-6-15-12(14)10(4)11(5)13-8-7-9(2)3/h7,10-11,13H,6,8H2,1-5H3. The van der Waals surface area contributed by atoms with E-state index in [1.165, 1.54) is 5.57 Å². The van der Waals surface area contributed by atoms with Crippen molar-refractivity contribution in [1.82, 2.24) is 5.32 Å². The highest BCUT2D eigenvalue weighted by Crippen LogP contribution is 2.05. The lowest BCUT2D eigenvalue weighted by Crippen LogP contribution is -2.37. The van der Waals surface area contributed by atoms with Crippen LogP contribution in [-0.2, 0) is 9.53 Å². The van der Waals surface area contributed by atoms with E-state index >= 15 is 0 Å². The summed E-state index contributed by atoms with van der Waals surface area (Å²) in [5.41, 5.74) is 1.28. The Morgan fingerprint density at radius 2 is 2.00 bits per heavy atom. The second-order valence-electron chi connectivity index (χ2n) is 4.02. The minimum absolute atomic E-state index is 0.101. The van der Waals surface area contributed by atoms with Gasteiger partial charge in [-0.05, 0) is 27.7 Å². The summed E-state index contributed by atoms with van der Waals surface area (Å²) in [4.78, 5) is 11.4. The molecule has 1 N–H and O–H groups in total. The summed E-state index contributed by atoms with van der Waals surface area (Å²) < 4.78 is 4.96. The number of hydrogen-bond acceptors (Lipinski definition) is 3. The first-order chi connectivity index (χ1) is 6.99. The molecule has 0 saturated carbocycles. The zero-order valence-corrected chi connectivity index (χ0v) is 10.5. The quantitative estimate of drug-likeness (QED) is 0.542. The van der Waals surface area contributed by atoms with Gasteiger partial charge in [-0.1, -0.05) is 18.6 Å². The highest BCUT2D eigenvalue weighted by atomic mass is 16.5. The fourth-order valence-electron chi connectivity index (χ4n) is 1.10. The van der Waals surface area contributed by atoms with Crippen molar-refractivity contribution in [1.29, 1.82) is 0 Å². The van der Waals surface area contributed by atoms with Crippen LogP contribution in [0.4, 0.5) is 0 Å². The third-order valence-electron chi connectivity index (χ3n) is 2.36. The van der Waals surface area contributed by atoms with Gasteiger partial charge in [0.15, 0.2) is 0 Å². The normalized spacial score (nSPS) is 14.2. The van der Waals surface area contributed by atoms with Crippen LogP contribution in [0.2, 0.25) is 0 Å². The van der Waals surface area contributed by atoms with Gasteiger partial charge in [0.2, 0.25) is 0 Å². The molecule has 0 aliphatic carbocycles. The molecule has 0 aromatic rings. The maximum absolute atomic E-state index is 11.4. The van der Waals surface area contributed by atoms with Crippen LogP contribution in [0.5, 0.6) is 0 Å². The van der Waals surface area contributed by atoms with Gasteiger partial charge < -0.3 is 10.1 Å². The lowest BCUT2D eigenvalue weighted by Gasteiger charge is -2.19. The van der Waals surface area contributed by atoms with E-state index in [1.54, 1.807) is 0 Å². The Hall–Kier alpha value is -0.830. The molecule has 3 heteroatoms. The molecule has 88 valence electrons. The average Bonchev–Trinajstić information content (AvgIpc) is 2.16. The molecule has 0 bridgehead atoms. The van der Waals surface area contributed by atoms with Crippen LogP contribution >= 0.6 is 0 Å². The molecule has 3 nitrogen and oxygen atoms in total. The molecule has 0 radical (unpaired) electrons. The highest BCUT2D eigenvalue weighted by molar-refractivity contribution is 5.72. The highest BCUT2D eigenvalue weighted by Gasteiger charge is 2.20. The van der Waals surface area contributed by atoms with Crippen molar-refractivity contribution in [3.63, 3.8) is 0 Å². The first kappa shape index (κ1) is 14.2. The minimum atomic E-state index is -0.130. The summed E-state index contributed by atoms with van der Waals surface area (Å²) in [6.45, 7) is 11.1. The van der Waals surface area contributed by atoms with E-state index in [2.05, 4.69) is 25.2 Å². The summed E-state index contributed by atoms with van der Waals surface area (Å²) in [7, 11) is 0. The van der Waals surface area contributed by atoms with Crippen molar-refractivity contribution in [3.05, 3.63) is 11.6 Å². The molecule has 0 aromatic carbocycles. The molecular formula is C12H23NO2. The summed E-state index contributed by atoms with van der Waals surface area (Å²) >= 11 is 0. The molecular weight excluding hydrogens is 190 g/mol. The molecule has 0 aliphatic heterocycles. The maximum atomic E-state index is 11.4. The molecule has 0 fully saturated rings. The number of hydrogen-bond donors (Lipinski definition) is 1. The van der Waals surface area contributed by atoms with E-state index in [0.29, 0.717) is 6.61 Å².